The van der Waals surface area contributed by atoms with Crippen LogP contribution in [0.25, 0.3) is 0 Å². The summed E-state index contributed by atoms with van der Waals surface area (Å²) in [5.74, 6) is 7.32. The molecule has 1 aromatic rings. The number of carbonyl (C=O) groups excluding carboxylic acids is 1. The van der Waals surface area contributed by atoms with Gasteiger partial charge in [-0.2, -0.15) is 0 Å². The second kappa shape index (κ2) is 10.0. The summed E-state index contributed by atoms with van der Waals surface area (Å²) >= 11 is 0. The van der Waals surface area contributed by atoms with Gasteiger partial charge in [-0.25, -0.2) is 0 Å². The van der Waals surface area contributed by atoms with Gasteiger partial charge in [-0.15, -0.1) is 5.92 Å². The lowest BCUT2D eigenvalue weighted by molar-refractivity contribution is -0.140. The summed E-state index contributed by atoms with van der Waals surface area (Å²) < 4.78 is 10.6. The Labute approximate surface area is 145 Å². The molecule has 2 rings (SSSR count). The molecule has 1 unspecified atom stereocenters. The molecule has 130 valence electrons. The van der Waals surface area contributed by atoms with Crippen LogP contribution >= 0.6 is 0 Å². The molecular formula is C21H28O3. The third kappa shape index (κ3) is 5.92. The van der Waals surface area contributed by atoms with Crippen LogP contribution in [0.5, 0.6) is 5.75 Å². The quantitative estimate of drug-likeness (QED) is 0.537. The first-order chi connectivity index (χ1) is 11.7. The van der Waals surface area contributed by atoms with Crippen LogP contribution < -0.4 is 4.74 Å². The van der Waals surface area contributed by atoms with E-state index in [4.69, 9.17) is 9.47 Å². The van der Waals surface area contributed by atoms with Crippen LogP contribution in [0, 0.1) is 17.8 Å². The van der Waals surface area contributed by atoms with Crippen molar-refractivity contribution >= 4 is 5.97 Å². The van der Waals surface area contributed by atoms with Gasteiger partial charge < -0.3 is 9.47 Å². The van der Waals surface area contributed by atoms with E-state index in [-0.39, 0.29) is 18.3 Å². The summed E-state index contributed by atoms with van der Waals surface area (Å²) in [5, 5.41) is 0. The Hall–Kier alpha value is -1.95. The van der Waals surface area contributed by atoms with Crippen molar-refractivity contribution in [3.8, 4) is 17.6 Å². The number of methoxy groups -OCH3 is 1. The molecule has 0 spiro atoms. The molecule has 1 aliphatic rings. The predicted octanol–water partition coefficient (Wildman–Crippen LogP) is 4.71. The van der Waals surface area contributed by atoms with E-state index in [1.807, 2.05) is 24.3 Å². The zero-order valence-corrected chi connectivity index (χ0v) is 14.8. The fraction of sp³-hybridized carbons (Fsp3) is 0.571. The highest BCUT2D eigenvalue weighted by atomic mass is 16.5. The Bertz CT molecular complexity index is 559. The topological polar surface area (TPSA) is 35.5 Å². The van der Waals surface area contributed by atoms with E-state index < -0.39 is 0 Å². The molecular weight excluding hydrogens is 300 g/mol. The Balaban J connectivity index is 1.85. The standard InChI is InChI=1S/C21H28O3/c1-3-7-19(16-21(22)23-2)18-10-12-20(13-11-18)24-15-14-17-8-5-4-6-9-17/h10-13,17,19H,4-6,8-9,14-16H2,1-2H3. The minimum Gasteiger partial charge on any atom is -0.494 e. The van der Waals surface area contributed by atoms with Gasteiger partial charge in [0, 0.05) is 0 Å². The van der Waals surface area contributed by atoms with Crippen LogP contribution in [0.3, 0.4) is 0 Å². The van der Waals surface area contributed by atoms with Crippen molar-refractivity contribution in [1.29, 1.82) is 0 Å². The summed E-state index contributed by atoms with van der Waals surface area (Å²) in [6, 6.07) is 7.93. The third-order valence-corrected chi connectivity index (χ3v) is 4.72. The van der Waals surface area contributed by atoms with Gasteiger partial charge in [-0.3, -0.25) is 4.79 Å². The fourth-order valence-electron chi connectivity index (χ4n) is 3.29. The number of carbonyl (C=O) groups is 1. The smallest absolute Gasteiger partial charge is 0.307 e. The average Bonchev–Trinajstić information content (AvgIpc) is 2.63. The molecule has 1 saturated carbocycles. The van der Waals surface area contributed by atoms with Gasteiger partial charge in [-0.05, 0) is 37.0 Å². The first kappa shape index (κ1) is 18.4. The fourth-order valence-corrected chi connectivity index (χ4v) is 3.29. The Morgan fingerprint density at radius 3 is 2.54 bits per heavy atom. The summed E-state index contributed by atoms with van der Waals surface area (Å²) in [6.45, 7) is 2.57. The molecule has 1 atom stereocenters. The Kier molecular flexibility index (Phi) is 7.68. The van der Waals surface area contributed by atoms with Gasteiger partial charge in [0.1, 0.15) is 5.75 Å². The van der Waals surface area contributed by atoms with Gasteiger partial charge >= 0.3 is 5.97 Å². The van der Waals surface area contributed by atoms with Crippen molar-refractivity contribution in [1.82, 2.24) is 0 Å². The molecule has 0 aliphatic heterocycles. The minimum atomic E-state index is -0.240. The minimum absolute atomic E-state index is 0.126. The van der Waals surface area contributed by atoms with Crippen LogP contribution in [0.4, 0.5) is 0 Å². The SMILES string of the molecule is CC#CC(CC(=O)OC)c1ccc(OCCC2CCCCC2)cc1. The zero-order chi connectivity index (χ0) is 17.2. The van der Waals surface area contributed by atoms with Crippen molar-refractivity contribution in [3.05, 3.63) is 29.8 Å². The van der Waals surface area contributed by atoms with E-state index in [9.17, 15) is 4.79 Å². The average molecular weight is 328 g/mol. The van der Waals surface area contributed by atoms with E-state index in [0.29, 0.717) is 0 Å². The molecule has 0 radical (unpaired) electrons. The first-order valence-electron chi connectivity index (χ1n) is 8.94. The highest BCUT2D eigenvalue weighted by Crippen LogP contribution is 2.27. The summed E-state index contributed by atoms with van der Waals surface area (Å²) in [5.41, 5.74) is 1.02. The van der Waals surface area contributed by atoms with Gasteiger partial charge in [0.25, 0.3) is 0 Å². The molecule has 0 bridgehead atoms. The number of benzene rings is 1. The molecule has 3 heteroatoms. The highest BCUT2D eigenvalue weighted by molar-refractivity contribution is 5.71. The van der Waals surface area contributed by atoms with Crippen molar-refractivity contribution in [2.75, 3.05) is 13.7 Å². The maximum absolute atomic E-state index is 11.5. The van der Waals surface area contributed by atoms with Crippen LogP contribution in [0.15, 0.2) is 24.3 Å². The molecule has 0 heterocycles. The first-order valence-corrected chi connectivity index (χ1v) is 8.94. The summed E-state index contributed by atoms with van der Waals surface area (Å²) in [4.78, 5) is 11.5. The zero-order valence-electron chi connectivity index (χ0n) is 14.8. The largest absolute Gasteiger partial charge is 0.494 e. The normalized spacial score (nSPS) is 15.9. The van der Waals surface area contributed by atoms with Gasteiger partial charge in [0.2, 0.25) is 0 Å². The number of ether oxygens (including phenoxy) is 2. The third-order valence-electron chi connectivity index (χ3n) is 4.72. The number of hydrogen-bond donors (Lipinski definition) is 0. The van der Waals surface area contributed by atoms with Crippen LogP contribution in [-0.2, 0) is 9.53 Å². The molecule has 0 saturated heterocycles. The lowest BCUT2D eigenvalue weighted by Crippen LogP contribution is -2.11. The number of rotatable bonds is 7. The molecule has 1 fully saturated rings. The van der Waals surface area contributed by atoms with Crippen LogP contribution in [0.1, 0.15) is 63.4 Å². The van der Waals surface area contributed by atoms with Crippen molar-refractivity contribution in [2.45, 2.75) is 57.8 Å². The van der Waals surface area contributed by atoms with Gasteiger partial charge in [-0.1, -0.05) is 50.2 Å². The van der Waals surface area contributed by atoms with E-state index in [1.165, 1.54) is 39.2 Å². The maximum Gasteiger partial charge on any atom is 0.307 e. The van der Waals surface area contributed by atoms with Gasteiger partial charge in [0.05, 0.1) is 26.1 Å². The van der Waals surface area contributed by atoms with Crippen LogP contribution in [-0.4, -0.2) is 19.7 Å². The second-order valence-corrected chi connectivity index (χ2v) is 6.44. The summed E-state index contributed by atoms with van der Waals surface area (Å²) in [7, 11) is 1.40. The van der Waals surface area contributed by atoms with E-state index in [2.05, 4.69) is 11.8 Å². The molecule has 1 aliphatic carbocycles. The lowest BCUT2D eigenvalue weighted by Gasteiger charge is -2.21. The molecule has 0 N–H and O–H groups in total. The predicted molar refractivity (Wildman–Crippen MR) is 96.0 cm³/mol. The maximum atomic E-state index is 11.5. The monoisotopic (exact) mass is 328 g/mol. The molecule has 0 aromatic heterocycles. The molecule has 24 heavy (non-hydrogen) atoms. The van der Waals surface area contributed by atoms with Crippen molar-refractivity contribution in [2.24, 2.45) is 5.92 Å². The molecule has 0 amide bonds. The van der Waals surface area contributed by atoms with Crippen LogP contribution in [0.2, 0.25) is 0 Å². The molecule has 1 aromatic carbocycles. The Morgan fingerprint density at radius 1 is 1.21 bits per heavy atom. The number of hydrogen-bond acceptors (Lipinski definition) is 3. The van der Waals surface area contributed by atoms with E-state index in [1.54, 1.807) is 6.92 Å². The molecule has 3 nitrogen and oxygen atoms in total. The van der Waals surface area contributed by atoms with Crippen molar-refractivity contribution in [3.63, 3.8) is 0 Å². The Morgan fingerprint density at radius 2 is 1.92 bits per heavy atom. The second-order valence-electron chi connectivity index (χ2n) is 6.44. The van der Waals surface area contributed by atoms with E-state index >= 15 is 0 Å². The van der Waals surface area contributed by atoms with Gasteiger partial charge in [0.15, 0.2) is 0 Å². The van der Waals surface area contributed by atoms with Crippen molar-refractivity contribution < 1.29 is 14.3 Å². The lowest BCUT2D eigenvalue weighted by atomic mass is 9.87. The number of esters is 1. The highest BCUT2D eigenvalue weighted by Gasteiger charge is 2.15. The van der Waals surface area contributed by atoms with E-state index in [0.717, 1.165) is 30.3 Å². The summed E-state index contributed by atoms with van der Waals surface area (Å²) in [6.07, 6.45) is 8.28.